The van der Waals surface area contributed by atoms with Crippen LogP contribution in [0.2, 0.25) is 0 Å². The first-order chi connectivity index (χ1) is 10.8. The maximum Gasteiger partial charge on any atom is 0.231 e. The van der Waals surface area contributed by atoms with Gasteiger partial charge in [-0.15, -0.1) is 0 Å². The van der Waals surface area contributed by atoms with Gasteiger partial charge in [-0.05, 0) is 19.1 Å². The van der Waals surface area contributed by atoms with Crippen molar-refractivity contribution in [3.8, 4) is 5.88 Å². The van der Waals surface area contributed by atoms with Crippen LogP contribution in [0.3, 0.4) is 0 Å². The number of hydrogen-bond acceptors (Lipinski definition) is 6. The summed E-state index contributed by atoms with van der Waals surface area (Å²) in [5, 5.41) is 7.45. The first-order valence-corrected chi connectivity index (χ1v) is 6.84. The average Bonchev–Trinajstić information content (AvgIpc) is 2.91. The van der Waals surface area contributed by atoms with Crippen molar-refractivity contribution >= 4 is 22.7 Å². The monoisotopic (exact) mass is 298 g/mol. The van der Waals surface area contributed by atoms with E-state index in [1.54, 1.807) is 6.07 Å². The van der Waals surface area contributed by atoms with Crippen LogP contribution in [0.4, 0.5) is 5.82 Å². The molecule has 0 fully saturated rings. The third kappa shape index (κ3) is 3.03. The van der Waals surface area contributed by atoms with Crippen LogP contribution in [0.5, 0.6) is 5.88 Å². The summed E-state index contributed by atoms with van der Waals surface area (Å²) in [5.41, 5.74) is 1.25. The van der Waals surface area contributed by atoms with E-state index in [1.807, 2.05) is 31.2 Å². The van der Waals surface area contributed by atoms with E-state index in [0.717, 1.165) is 5.39 Å². The Labute approximate surface area is 126 Å². The Hall–Kier alpha value is -2.96. The molecule has 2 heterocycles. The fourth-order valence-corrected chi connectivity index (χ4v) is 2.04. The van der Waals surface area contributed by atoms with E-state index in [1.165, 1.54) is 6.33 Å². The van der Waals surface area contributed by atoms with Gasteiger partial charge in [0.2, 0.25) is 11.8 Å². The summed E-state index contributed by atoms with van der Waals surface area (Å²) in [6, 6.07) is 8.98. The van der Waals surface area contributed by atoms with Gasteiger partial charge in [0.15, 0.2) is 5.58 Å². The molecular weight excluding hydrogens is 284 g/mol. The van der Waals surface area contributed by atoms with E-state index < -0.39 is 0 Å². The SMILES string of the molecule is CCOc1cc(NC(=O)Cc2noc3ccccc23)ncn1. The lowest BCUT2D eigenvalue weighted by atomic mass is 10.1. The van der Waals surface area contributed by atoms with Gasteiger partial charge in [0.25, 0.3) is 0 Å². The van der Waals surface area contributed by atoms with Crippen LogP contribution >= 0.6 is 0 Å². The lowest BCUT2D eigenvalue weighted by molar-refractivity contribution is -0.115. The van der Waals surface area contributed by atoms with Gasteiger partial charge in [-0.1, -0.05) is 17.3 Å². The molecule has 7 heteroatoms. The number of carbonyl (C=O) groups is 1. The van der Waals surface area contributed by atoms with Gasteiger partial charge < -0.3 is 14.6 Å². The topological polar surface area (TPSA) is 90.1 Å². The van der Waals surface area contributed by atoms with Crippen LogP contribution in [-0.2, 0) is 11.2 Å². The molecule has 0 aliphatic carbocycles. The number of ether oxygens (including phenoxy) is 1. The Balaban J connectivity index is 1.71. The maximum atomic E-state index is 12.1. The van der Waals surface area contributed by atoms with E-state index in [9.17, 15) is 4.79 Å². The molecule has 1 N–H and O–H groups in total. The quantitative estimate of drug-likeness (QED) is 0.776. The number of fused-ring (bicyclic) bond motifs is 1. The molecule has 0 saturated carbocycles. The number of amides is 1. The minimum absolute atomic E-state index is 0.102. The Bertz CT molecular complexity index is 800. The largest absolute Gasteiger partial charge is 0.478 e. The van der Waals surface area contributed by atoms with Crippen molar-refractivity contribution in [1.29, 1.82) is 0 Å². The molecule has 2 aromatic heterocycles. The molecule has 0 saturated heterocycles. The molecule has 0 spiro atoms. The highest BCUT2D eigenvalue weighted by atomic mass is 16.5. The molecule has 22 heavy (non-hydrogen) atoms. The zero-order valence-electron chi connectivity index (χ0n) is 11.9. The third-order valence-corrected chi connectivity index (χ3v) is 2.98. The second-order valence-electron chi connectivity index (χ2n) is 4.52. The number of para-hydroxylation sites is 1. The highest BCUT2D eigenvalue weighted by molar-refractivity contribution is 5.94. The molecule has 7 nitrogen and oxygen atoms in total. The normalized spacial score (nSPS) is 10.6. The molecule has 0 unspecified atom stereocenters. The fourth-order valence-electron chi connectivity index (χ4n) is 2.04. The molecule has 1 amide bonds. The minimum atomic E-state index is -0.236. The molecule has 1 aromatic carbocycles. The van der Waals surface area contributed by atoms with Gasteiger partial charge in [-0.2, -0.15) is 0 Å². The molecule has 3 aromatic rings. The highest BCUT2D eigenvalue weighted by Crippen LogP contribution is 2.18. The van der Waals surface area contributed by atoms with E-state index >= 15 is 0 Å². The first-order valence-electron chi connectivity index (χ1n) is 6.84. The van der Waals surface area contributed by atoms with Crippen molar-refractivity contribution in [3.05, 3.63) is 42.4 Å². The summed E-state index contributed by atoms with van der Waals surface area (Å²) in [6.45, 7) is 2.35. The maximum absolute atomic E-state index is 12.1. The summed E-state index contributed by atoms with van der Waals surface area (Å²) in [5.74, 6) is 0.566. The summed E-state index contributed by atoms with van der Waals surface area (Å²) < 4.78 is 10.4. The number of aromatic nitrogens is 3. The van der Waals surface area contributed by atoms with Gasteiger partial charge in [0.05, 0.1) is 13.0 Å². The molecule has 112 valence electrons. The van der Waals surface area contributed by atoms with Crippen molar-refractivity contribution < 1.29 is 14.1 Å². The fraction of sp³-hybridized carbons (Fsp3) is 0.200. The number of rotatable bonds is 5. The lowest BCUT2D eigenvalue weighted by Crippen LogP contribution is -2.15. The zero-order valence-corrected chi connectivity index (χ0v) is 11.9. The minimum Gasteiger partial charge on any atom is -0.478 e. The van der Waals surface area contributed by atoms with Crippen molar-refractivity contribution in [1.82, 2.24) is 15.1 Å². The number of anilines is 1. The number of nitrogens with one attached hydrogen (secondary N) is 1. The van der Waals surface area contributed by atoms with Crippen molar-refractivity contribution in [3.63, 3.8) is 0 Å². The van der Waals surface area contributed by atoms with Crippen LogP contribution in [0, 0.1) is 0 Å². The van der Waals surface area contributed by atoms with Crippen LogP contribution in [-0.4, -0.2) is 27.6 Å². The summed E-state index contributed by atoms with van der Waals surface area (Å²) in [6.07, 6.45) is 1.44. The summed E-state index contributed by atoms with van der Waals surface area (Å²) >= 11 is 0. The van der Waals surface area contributed by atoms with Gasteiger partial charge in [-0.25, -0.2) is 9.97 Å². The number of nitrogens with zero attached hydrogens (tertiary/aromatic N) is 3. The van der Waals surface area contributed by atoms with E-state index in [0.29, 0.717) is 29.6 Å². The van der Waals surface area contributed by atoms with Crippen LogP contribution in [0.25, 0.3) is 11.0 Å². The highest BCUT2D eigenvalue weighted by Gasteiger charge is 2.13. The Kier molecular flexibility index (Phi) is 3.95. The van der Waals surface area contributed by atoms with Crippen LogP contribution in [0.1, 0.15) is 12.6 Å². The summed E-state index contributed by atoms with van der Waals surface area (Å²) in [4.78, 5) is 20.0. The second kappa shape index (κ2) is 6.21. The predicted molar refractivity (Wildman–Crippen MR) is 79.5 cm³/mol. The lowest BCUT2D eigenvalue weighted by Gasteiger charge is -2.05. The van der Waals surface area contributed by atoms with Crippen molar-refractivity contribution in [2.45, 2.75) is 13.3 Å². The standard InChI is InChI=1S/C15H14N4O3/c1-2-21-15-8-13(16-9-17-15)18-14(20)7-11-10-5-3-4-6-12(10)22-19-11/h3-6,8-9H,2,7H2,1H3,(H,16,17,18,20). The van der Waals surface area contributed by atoms with Crippen molar-refractivity contribution in [2.24, 2.45) is 0 Å². The summed E-state index contributed by atoms with van der Waals surface area (Å²) in [7, 11) is 0. The van der Waals surface area contributed by atoms with Crippen LogP contribution < -0.4 is 10.1 Å². The van der Waals surface area contributed by atoms with E-state index in [-0.39, 0.29) is 12.3 Å². The van der Waals surface area contributed by atoms with Gasteiger partial charge in [0, 0.05) is 11.5 Å². The van der Waals surface area contributed by atoms with Gasteiger partial charge in [-0.3, -0.25) is 4.79 Å². The predicted octanol–water partition coefficient (Wildman–Crippen LogP) is 2.20. The van der Waals surface area contributed by atoms with Gasteiger partial charge >= 0.3 is 0 Å². The third-order valence-electron chi connectivity index (χ3n) is 2.98. The smallest absolute Gasteiger partial charge is 0.231 e. The number of benzene rings is 1. The molecule has 0 aliphatic rings. The van der Waals surface area contributed by atoms with E-state index in [2.05, 4.69) is 20.4 Å². The molecule has 0 aliphatic heterocycles. The van der Waals surface area contributed by atoms with Gasteiger partial charge in [0.1, 0.15) is 17.8 Å². The van der Waals surface area contributed by atoms with Crippen molar-refractivity contribution in [2.75, 3.05) is 11.9 Å². The number of carbonyl (C=O) groups excluding carboxylic acids is 1. The van der Waals surface area contributed by atoms with Crippen LogP contribution in [0.15, 0.2) is 41.2 Å². The molecule has 3 rings (SSSR count). The Morgan fingerprint density at radius 3 is 3.05 bits per heavy atom. The molecule has 0 bridgehead atoms. The zero-order chi connectivity index (χ0) is 15.4. The molecule has 0 radical (unpaired) electrons. The Morgan fingerprint density at radius 2 is 2.18 bits per heavy atom. The molecular formula is C15H14N4O3. The number of hydrogen-bond donors (Lipinski definition) is 1. The molecule has 0 atom stereocenters. The average molecular weight is 298 g/mol. The Morgan fingerprint density at radius 1 is 1.32 bits per heavy atom. The van der Waals surface area contributed by atoms with E-state index in [4.69, 9.17) is 9.26 Å². The first kappa shape index (κ1) is 14.0. The second-order valence-corrected chi connectivity index (χ2v) is 4.52.